The van der Waals surface area contributed by atoms with Gasteiger partial charge in [0, 0.05) is 13.1 Å². The highest BCUT2D eigenvalue weighted by atomic mass is 16.2. The zero-order valence-electron chi connectivity index (χ0n) is 9.33. The summed E-state index contributed by atoms with van der Waals surface area (Å²) in [6.45, 7) is 3.79. The van der Waals surface area contributed by atoms with Crippen LogP contribution in [-0.4, -0.2) is 23.9 Å². The van der Waals surface area contributed by atoms with Crippen LogP contribution in [0, 0.1) is 22.7 Å². The van der Waals surface area contributed by atoms with Crippen molar-refractivity contribution in [3.8, 4) is 6.07 Å². The van der Waals surface area contributed by atoms with Gasteiger partial charge in [0.1, 0.15) is 5.41 Å². The zero-order chi connectivity index (χ0) is 10.9. The summed E-state index contributed by atoms with van der Waals surface area (Å²) in [5.41, 5.74) is -0.621. The fourth-order valence-corrected chi connectivity index (χ4v) is 1.96. The van der Waals surface area contributed by atoms with E-state index >= 15 is 0 Å². The van der Waals surface area contributed by atoms with Crippen molar-refractivity contribution in [2.75, 3.05) is 13.1 Å². The second-order valence-electron chi connectivity index (χ2n) is 4.89. The van der Waals surface area contributed by atoms with Crippen LogP contribution >= 0.6 is 0 Å². The molecule has 1 amide bonds. The van der Waals surface area contributed by atoms with E-state index in [1.165, 1.54) is 12.8 Å². The minimum Gasteiger partial charge on any atom is -0.341 e. The molecule has 0 atom stereocenters. The van der Waals surface area contributed by atoms with Gasteiger partial charge in [0.05, 0.1) is 6.07 Å². The molecule has 0 aromatic heterocycles. The quantitative estimate of drug-likeness (QED) is 0.690. The Morgan fingerprint density at radius 3 is 2.60 bits per heavy atom. The Balaban J connectivity index is 1.97. The second-order valence-corrected chi connectivity index (χ2v) is 4.89. The van der Waals surface area contributed by atoms with Crippen molar-refractivity contribution >= 4 is 5.91 Å². The van der Waals surface area contributed by atoms with Gasteiger partial charge in [0.2, 0.25) is 5.91 Å². The predicted octanol–water partition coefficient (Wildman–Crippen LogP) is 1.94. The van der Waals surface area contributed by atoms with Crippen molar-refractivity contribution in [2.45, 2.75) is 39.0 Å². The topological polar surface area (TPSA) is 44.1 Å². The highest BCUT2D eigenvalue weighted by Crippen LogP contribution is 2.47. The van der Waals surface area contributed by atoms with Gasteiger partial charge >= 0.3 is 0 Å². The molecule has 3 nitrogen and oxygen atoms in total. The monoisotopic (exact) mass is 206 g/mol. The number of carbonyl (C=O) groups is 1. The van der Waals surface area contributed by atoms with Gasteiger partial charge in [-0.2, -0.15) is 5.26 Å². The minimum atomic E-state index is -0.621. The Morgan fingerprint density at radius 1 is 1.53 bits per heavy atom. The van der Waals surface area contributed by atoms with E-state index in [0.29, 0.717) is 0 Å². The van der Waals surface area contributed by atoms with Crippen molar-refractivity contribution in [1.82, 2.24) is 4.90 Å². The van der Waals surface area contributed by atoms with Gasteiger partial charge in [-0.15, -0.1) is 0 Å². The maximum absolute atomic E-state index is 12.1. The highest BCUT2D eigenvalue weighted by molar-refractivity contribution is 5.88. The van der Waals surface area contributed by atoms with Crippen LogP contribution in [0.5, 0.6) is 0 Å². The van der Waals surface area contributed by atoms with Gasteiger partial charge in [-0.3, -0.25) is 4.79 Å². The van der Waals surface area contributed by atoms with Gasteiger partial charge < -0.3 is 4.90 Å². The molecule has 3 heteroatoms. The summed E-state index contributed by atoms with van der Waals surface area (Å²) in [5.74, 6) is 0.814. The summed E-state index contributed by atoms with van der Waals surface area (Å²) in [6.07, 6.45) is 5.04. The number of hydrogen-bond acceptors (Lipinski definition) is 2. The van der Waals surface area contributed by atoms with Crippen molar-refractivity contribution in [3.05, 3.63) is 0 Å². The molecule has 2 aliphatic carbocycles. The number of amides is 1. The zero-order valence-corrected chi connectivity index (χ0v) is 9.33. The molecule has 2 fully saturated rings. The number of nitriles is 1. The van der Waals surface area contributed by atoms with Crippen LogP contribution in [0.15, 0.2) is 0 Å². The molecule has 0 unspecified atom stereocenters. The summed E-state index contributed by atoms with van der Waals surface area (Å²) in [5, 5.41) is 9.00. The van der Waals surface area contributed by atoms with E-state index in [1.807, 2.05) is 4.90 Å². The fourth-order valence-electron chi connectivity index (χ4n) is 1.96. The van der Waals surface area contributed by atoms with E-state index in [0.717, 1.165) is 38.3 Å². The third kappa shape index (κ3) is 2.14. The summed E-state index contributed by atoms with van der Waals surface area (Å²) in [4.78, 5) is 14.0. The Bertz CT molecular complexity index is 297. The predicted molar refractivity (Wildman–Crippen MR) is 56.9 cm³/mol. The maximum atomic E-state index is 12.1. The Labute approximate surface area is 91.1 Å². The van der Waals surface area contributed by atoms with Crippen LogP contribution in [0.2, 0.25) is 0 Å². The molecule has 2 aliphatic rings. The summed E-state index contributed by atoms with van der Waals surface area (Å²) in [6, 6.07) is 2.19. The molecular formula is C12H18N2O. The molecule has 0 aromatic carbocycles. The lowest BCUT2D eigenvalue weighted by atomic mass is 10.1. The fraction of sp³-hybridized carbons (Fsp3) is 0.833. The number of hydrogen-bond donors (Lipinski definition) is 0. The average Bonchev–Trinajstić information content (AvgIpc) is 3.12. The summed E-state index contributed by atoms with van der Waals surface area (Å²) in [7, 11) is 0. The first-order chi connectivity index (χ1) is 7.22. The summed E-state index contributed by atoms with van der Waals surface area (Å²) < 4.78 is 0. The standard InChI is InChI=1S/C12H18N2O/c1-2-7-14(8-10-3-4-10)11(15)12(9-13)5-6-12/h10H,2-8H2,1H3. The molecular weight excluding hydrogens is 188 g/mol. The molecule has 0 bridgehead atoms. The van der Waals surface area contributed by atoms with Crippen molar-refractivity contribution in [3.63, 3.8) is 0 Å². The third-order valence-corrected chi connectivity index (χ3v) is 3.33. The van der Waals surface area contributed by atoms with Crippen molar-refractivity contribution in [2.24, 2.45) is 11.3 Å². The first-order valence-electron chi connectivity index (χ1n) is 5.92. The van der Waals surface area contributed by atoms with Crippen LogP contribution in [0.4, 0.5) is 0 Å². The van der Waals surface area contributed by atoms with Gasteiger partial charge in [-0.05, 0) is 38.0 Å². The van der Waals surface area contributed by atoms with E-state index in [2.05, 4.69) is 13.0 Å². The lowest BCUT2D eigenvalue weighted by Gasteiger charge is -2.24. The maximum Gasteiger partial charge on any atom is 0.243 e. The molecule has 15 heavy (non-hydrogen) atoms. The van der Waals surface area contributed by atoms with Crippen LogP contribution in [-0.2, 0) is 4.79 Å². The molecule has 0 N–H and O–H groups in total. The Kier molecular flexibility index (Phi) is 2.68. The number of carbonyl (C=O) groups excluding carboxylic acids is 1. The van der Waals surface area contributed by atoms with E-state index in [4.69, 9.17) is 5.26 Å². The minimum absolute atomic E-state index is 0.0961. The van der Waals surface area contributed by atoms with Crippen LogP contribution in [0.1, 0.15) is 39.0 Å². The molecule has 0 heterocycles. The molecule has 82 valence electrons. The molecule has 0 aliphatic heterocycles. The molecule has 2 rings (SSSR count). The molecule has 0 spiro atoms. The Morgan fingerprint density at radius 2 is 2.20 bits per heavy atom. The average molecular weight is 206 g/mol. The number of nitrogens with zero attached hydrogens (tertiary/aromatic N) is 2. The van der Waals surface area contributed by atoms with E-state index in [1.54, 1.807) is 0 Å². The van der Waals surface area contributed by atoms with E-state index < -0.39 is 5.41 Å². The highest BCUT2D eigenvalue weighted by Gasteiger charge is 2.52. The lowest BCUT2D eigenvalue weighted by molar-refractivity contribution is -0.135. The van der Waals surface area contributed by atoms with Crippen LogP contribution < -0.4 is 0 Å². The van der Waals surface area contributed by atoms with Crippen molar-refractivity contribution < 1.29 is 4.79 Å². The van der Waals surface area contributed by atoms with Crippen molar-refractivity contribution in [1.29, 1.82) is 5.26 Å². The smallest absolute Gasteiger partial charge is 0.243 e. The second kappa shape index (κ2) is 3.84. The van der Waals surface area contributed by atoms with Gasteiger partial charge in [-0.1, -0.05) is 6.92 Å². The normalized spacial score (nSPS) is 21.9. The van der Waals surface area contributed by atoms with Crippen LogP contribution in [0.25, 0.3) is 0 Å². The third-order valence-electron chi connectivity index (χ3n) is 3.33. The largest absolute Gasteiger partial charge is 0.341 e. The van der Waals surface area contributed by atoms with Gasteiger partial charge in [0.25, 0.3) is 0 Å². The Hall–Kier alpha value is -1.04. The van der Waals surface area contributed by atoms with Gasteiger partial charge in [0.15, 0.2) is 0 Å². The molecule has 0 radical (unpaired) electrons. The van der Waals surface area contributed by atoms with Crippen LogP contribution in [0.3, 0.4) is 0 Å². The first-order valence-corrected chi connectivity index (χ1v) is 5.92. The van der Waals surface area contributed by atoms with E-state index in [9.17, 15) is 4.79 Å². The first kappa shape index (κ1) is 10.5. The van der Waals surface area contributed by atoms with E-state index in [-0.39, 0.29) is 5.91 Å². The van der Waals surface area contributed by atoms with Gasteiger partial charge in [-0.25, -0.2) is 0 Å². The molecule has 0 saturated heterocycles. The molecule has 2 saturated carbocycles. The summed E-state index contributed by atoms with van der Waals surface area (Å²) >= 11 is 0. The lowest BCUT2D eigenvalue weighted by Crippen LogP contribution is -2.38. The molecule has 0 aromatic rings. The SMILES string of the molecule is CCCN(CC1CC1)C(=O)C1(C#N)CC1. The number of rotatable bonds is 5.